The molecule has 1 amide bonds. The summed E-state index contributed by atoms with van der Waals surface area (Å²) in [4.78, 5) is 11.6. The number of carbonyl (C=O) groups is 1. The van der Waals surface area contributed by atoms with Gasteiger partial charge in [0.05, 0.1) is 5.69 Å². The Morgan fingerprint density at radius 2 is 2.24 bits per heavy atom. The van der Waals surface area contributed by atoms with Gasteiger partial charge < -0.3 is 10.6 Å². The minimum Gasteiger partial charge on any atom is -0.354 e. The lowest BCUT2D eigenvalue weighted by Crippen LogP contribution is -2.19. The number of nitrogens with zero attached hydrogens (tertiary/aromatic N) is 2. The maximum Gasteiger partial charge on any atom is 0.271 e. The van der Waals surface area contributed by atoms with Crippen LogP contribution in [0.2, 0.25) is 0 Å². The first-order valence-corrected chi connectivity index (χ1v) is 7.76. The van der Waals surface area contributed by atoms with Crippen molar-refractivity contribution in [3.63, 3.8) is 0 Å². The molecular formula is C15H17BrN4O. The van der Waals surface area contributed by atoms with Crippen molar-refractivity contribution in [2.45, 2.75) is 25.4 Å². The maximum absolute atomic E-state index is 11.6. The molecule has 1 heterocycles. The summed E-state index contributed by atoms with van der Waals surface area (Å²) in [7, 11) is 1.60. The summed E-state index contributed by atoms with van der Waals surface area (Å²) < 4.78 is 2.79. The lowest BCUT2D eigenvalue weighted by Gasteiger charge is -2.11. The summed E-state index contributed by atoms with van der Waals surface area (Å²) in [6, 6.07) is 8.45. The van der Waals surface area contributed by atoms with Gasteiger partial charge in [0.2, 0.25) is 0 Å². The van der Waals surface area contributed by atoms with Gasteiger partial charge in [0, 0.05) is 30.3 Å². The Kier molecular flexibility index (Phi) is 4.07. The Bertz CT molecular complexity index is 663. The molecule has 110 valence electrons. The SMILES string of the molecule is CNC(=O)c1ccn(-c2ccc(Br)cc2CNC2CC2)n1. The Labute approximate surface area is 131 Å². The molecule has 0 bridgehead atoms. The second kappa shape index (κ2) is 5.99. The molecule has 6 heteroatoms. The van der Waals surface area contributed by atoms with Crippen LogP contribution in [0.1, 0.15) is 28.9 Å². The van der Waals surface area contributed by atoms with Crippen LogP contribution in [0.3, 0.4) is 0 Å². The van der Waals surface area contributed by atoms with Gasteiger partial charge in [-0.2, -0.15) is 5.10 Å². The van der Waals surface area contributed by atoms with E-state index < -0.39 is 0 Å². The maximum atomic E-state index is 11.6. The summed E-state index contributed by atoms with van der Waals surface area (Å²) in [5, 5.41) is 10.4. The van der Waals surface area contributed by atoms with Crippen LogP contribution < -0.4 is 10.6 Å². The lowest BCUT2D eigenvalue weighted by atomic mass is 10.2. The number of rotatable bonds is 5. The third-order valence-electron chi connectivity index (χ3n) is 3.50. The minimum atomic E-state index is -0.177. The number of amides is 1. The summed E-state index contributed by atoms with van der Waals surface area (Å²) in [6.45, 7) is 0.800. The normalized spacial score (nSPS) is 14.2. The van der Waals surface area contributed by atoms with Gasteiger partial charge in [-0.3, -0.25) is 4.79 Å². The number of carbonyl (C=O) groups excluding carboxylic acids is 1. The fourth-order valence-corrected chi connectivity index (χ4v) is 2.58. The van der Waals surface area contributed by atoms with Crippen LogP contribution in [-0.4, -0.2) is 28.8 Å². The van der Waals surface area contributed by atoms with Crippen molar-refractivity contribution in [2.24, 2.45) is 0 Å². The van der Waals surface area contributed by atoms with E-state index in [0.29, 0.717) is 11.7 Å². The molecule has 0 radical (unpaired) electrons. The molecule has 1 aliphatic carbocycles. The molecule has 1 aromatic heterocycles. The van der Waals surface area contributed by atoms with Gasteiger partial charge in [-0.1, -0.05) is 15.9 Å². The fourth-order valence-electron chi connectivity index (χ4n) is 2.17. The van der Waals surface area contributed by atoms with Crippen molar-refractivity contribution >= 4 is 21.8 Å². The topological polar surface area (TPSA) is 59.0 Å². The standard InChI is InChI=1S/C15H17BrN4O/c1-17-15(21)13-6-7-20(19-13)14-5-2-11(16)8-10(14)9-18-12-3-4-12/h2,5-8,12,18H,3-4,9H2,1H3,(H,17,21). The van der Waals surface area contributed by atoms with Crippen LogP contribution in [0.4, 0.5) is 0 Å². The van der Waals surface area contributed by atoms with Gasteiger partial charge in [0.25, 0.3) is 5.91 Å². The predicted octanol–water partition coefficient (Wildman–Crippen LogP) is 2.25. The molecule has 0 unspecified atom stereocenters. The molecule has 1 saturated carbocycles. The van der Waals surface area contributed by atoms with Gasteiger partial charge in [-0.25, -0.2) is 4.68 Å². The van der Waals surface area contributed by atoms with E-state index >= 15 is 0 Å². The average molecular weight is 349 g/mol. The molecule has 1 fully saturated rings. The molecule has 0 aliphatic heterocycles. The Morgan fingerprint density at radius 1 is 1.43 bits per heavy atom. The van der Waals surface area contributed by atoms with Crippen LogP contribution in [-0.2, 0) is 6.54 Å². The molecule has 21 heavy (non-hydrogen) atoms. The van der Waals surface area contributed by atoms with E-state index in [1.807, 2.05) is 18.3 Å². The lowest BCUT2D eigenvalue weighted by molar-refractivity contribution is 0.0957. The van der Waals surface area contributed by atoms with Gasteiger partial charge in [-0.05, 0) is 42.7 Å². The van der Waals surface area contributed by atoms with Crippen LogP contribution in [0.5, 0.6) is 0 Å². The molecule has 0 saturated heterocycles. The van der Waals surface area contributed by atoms with Crippen LogP contribution >= 0.6 is 15.9 Å². The van der Waals surface area contributed by atoms with E-state index in [1.165, 1.54) is 12.8 Å². The van der Waals surface area contributed by atoms with E-state index in [-0.39, 0.29) is 5.91 Å². The Balaban J connectivity index is 1.88. The molecule has 3 rings (SSSR count). The zero-order valence-electron chi connectivity index (χ0n) is 11.8. The minimum absolute atomic E-state index is 0.177. The molecule has 0 spiro atoms. The highest BCUT2D eigenvalue weighted by Gasteiger charge is 2.21. The Morgan fingerprint density at radius 3 is 2.95 bits per heavy atom. The zero-order chi connectivity index (χ0) is 14.8. The first kappa shape index (κ1) is 14.3. The molecule has 1 aromatic carbocycles. The van der Waals surface area contributed by atoms with Crippen LogP contribution in [0.15, 0.2) is 34.9 Å². The molecule has 2 N–H and O–H groups in total. The second-order valence-corrected chi connectivity index (χ2v) is 6.07. The monoisotopic (exact) mass is 348 g/mol. The van der Waals surface area contributed by atoms with Crippen molar-refractivity contribution in [1.82, 2.24) is 20.4 Å². The summed E-state index contributed by atoms with van der Waals surface area (Å²) in [6.07, 6.45) is 4.33. The van der Waals surface area contributed by atoms with E-state index in [2.05, 4.69) is 37.7 Å². The number of halogens is 1. The zero-order valence-corrected chi connectivity index (χ0v) is 13.4. The highest BCUT2D eigenvalue weighted by atomic mass is 79.9. The third-order valence-corrected chi connectivity index (χ3v) is 3.99. The first-order valence-electron chi connectivity index (χ1n) is 6.97. The van der Waals surface area contributed by atoms with Crippen molar-refractivity contribution < 1.29 is 4.79 Å². The van der Waals surface area contributed by atoms with Gasteiger partial charge in [0.1, 0.15) is 0 Å². The summed E-state index contributed by atoms with van der Waals surface area (Å²) in [5.74, 6) is -0.177. The number of hydrogen-bond acceptors (Lipinski definition) is 3. The number of nitrogens with one attached hydrogen (secondary N) is 2. The van der Waals surface area contributed by atoms with Gasteiger partial charge >= 0.3 is 0 Å². The van der Waals surface area contributed by atoms with E-state index in [0.717, 1.165) is 22.3 Å². The van der Waals surface area contributed by atoms with Crippen molar-refractivity contribution in [3.8, 4) is 5.69 Å². The van der Waals surface area contributed by atoms with Crippen LogP contribution in [0, 0.1) is 0 Å². The molecule has 5 nitrogen and oxygen atoms in total. The summed E-state index contributed by atoms with van der Waals surface area (Å²) >= 11 is 3.51. The van der Waals surface area contributed by atoms with Gasteiger partial charge in [0.15, 0.2) is 5.69 Å². The third kappa shape index (κ3) is 3.33. The number of aromatic nitrogens is 2. The number of hydrogen-bond donors (Lipinski definition) is 2. The van der Waals surface area contributed by atoms with Crippen LogP contribution in [0.25, 0.3) is 5.69 Å². The average Bonchev–Trinajstić information content (AvgIpc) is 3.20. The fraction of sp³-hybridized carbons (Fsp3) is 0.333. The number of benzene rings is 1. The molecule has 0 atom stereocenters. The quantitative estimate of drug-likeness (QED) is 0.871. The largest absolute Gasteiger partial charge is 0.354 e. The summed E-state index contributed by atoms with van der Waals surface area (Å²) in [5.41, 5.74) is 2.56. The van der Waals surface area contributed by atoms with Gasteiger partial charge in [-0.15, -0.1) is 0 Å². The molecule has 1 aliphatic rings. The van der Waals surface area contributed by atoms with Crippen molar-refractivity contribution in [3.05, 3.63) is 46.2 Å². The molecule has 2 aromatic rings. The first-order chi connectivity index (χ1) is 10.2. The second-order valence-electron chi connectivity index (χ2n) is 5.15. The van der Waals surface area contributed by atoms with Crippen molar-refractivity contribution in [1.29, 1.82) is 0 Å². The highest BCUT2D eigenvalue weighted by Crippen LogP contribution is 2.23. The Hall–Kier alpha value is -1.66. The molecular weight excluding hydrogens is 332 g/mol. The smallest absolute Gasteiger partial charge is 0.271 e. The van der Waals surface area contributed by atoms with Crippen molar-refractivity contribution in [2.75, 3.05) is 7.05 Å². The van der Waals surface area contributed by atoms with E-state index in [4.69, 9.17) is 0 Å². The highest BCUT2D eigenvalue weighted by molar-refractivity contribution is 9.10. The van der Waals surface area contributed by atoms with E-state index in [1.54, 1.807) is 17.8 Å². The van der Waals surface area contributed by atoms with E-state index in [9.17, 15) is 4.79 Å². The predicted molar refractivity (Wildman–Crippen MR) is 84.5 cm³/mol.